The fourth-order valence-corrected chi connectivity index (χ4v) is 2.70. The van der Waals surface area contributed by atoms with Gasteiger partial charge in [0, 0.05) is 16.5 Å². The summed E-state index contributed by atoms with van der Waals surface area (Å²) in [4.78, 5) is 12.2. The Bertz CT molecular complexity index is 453. The van der Waals surface area contributed by atoms with Crippen molar-refractivity contribution >= 4 is 17.4 Å². The van der Waals surface area contributed by atoms with Gasteiger partial charge >= 0.3 is 6.18 Å². The van der Waals surface area contributed by atoms with Crippen molar-refractivity contribution < 1.29 is 18.0 Å². The van der Waals surface area contributed by atoms with Crippen molar-refractivity contribution in [3.05, 3.63) is 34.9 Å². The highest BCUT2D eigenvalue weighted by Gasteiger charge is 2.43. The Morgan fingerprint density at radius 2 is 1.79 bits per heavy atom. The van der Waals surface area contributed by atoms with E-state index in [1.165, 1.54) is 0 Å². The minimum atomic E-state index is -4.20. The molecule has 0 heterocycles. The molecule has 2 atom stereocenters. The summed E-state index contributed by atoms with van der Waals surface area (Å²) >= 11 is 5.73. The Balaban J connectivity index is 2.09. The van der Waals surface area contributed by atoms with Crippen LogP contribution in [-0.2, 0) is 0 Å². The molecule has 1 fully saturated rings. The van der Waals surface area contributed by atoms with Gasteiger partial charge in [0.25, 0.3) is 0 Å². The Morgan fingerprint density at radius 1 is 1.16 bits per heavy atom. The highest BCUT2D eigenvalue weighted by molar-refractivity contribution is 6.30. The average molecular weight is 291 g/mol. The summed E-state index contributed by atoms with van der Waals surface area (Å²) in [5.74, 6) is -2.07. The predicted octanol–water partition coefficient (Wildman–Crippen LogP) is 4.89. The van der Waals surface area contributed by atoms with E-state index in [1.54, 1.807) is 24.3 Å². The van der Waals surface area contributed by atoms with Gasteiger partial charge in [0.2, 0.25) is 0 Å². The third-order valence-corrected chi connectivity index (χ3v) is 3.89. The lowest BCUT2D eigenvalue weighted by molar-refractivity contribution is -0.184. The number of benzene rings is 1. The van der Waals surface area contributed by atoms with Gasteiger partial charge in [-0.25, -0.2) is 0 Å². The zero-order valence-corrected chi connectivity index (χ0v) is 11.0. The second-order valence-corrected chi connectivity index (χ2v) is 5.41. The van der Waals surface area contributed by atoms with E-state index in [1.807, 2.05) is 0 Å². The van der Waals surface area contributed by atoms with Crippen LogP contribution >= 0.6 is 11.6 Å². The third-order valence-electron chi connectivity index (χ3n) is 3.64. The maximum Gasteiger partial charge on any atom is 0.391 e. The molecule has 1 aromatic carbocycles. The van der Waals surface area contributed by atoms with Crippen molar-refractivity contribution in [1.82, 2.24) is 0 Å². The first-order chi connectivity index (χ1) is 8.88. The van der Waals surface area contributed by atoms with Gasteiger partial charge in [0.1, 0.15) is 0 Å². The fourth-order valence-electron chi connectivity index (χ4n) is 2.58. The fraction of sp³-hybridized carbons (Fsp3) is 0.500. The summed E-state index contributed by atoms with van der Waals surface area (Å²) in [5, 5.41) is 0.508. The molecule has 1 saturated carbocycles. The largest absolute Gasteiger partial charge is 0.391 e. The van der Waals surface area contributed by atoms with E-state index in [0.29, 0.717) is 23.4 Å². The van der Waals surface area contributed by atoms with Crippen molar-refractivity contribution in [3.63, 3.8) is 0 Å². The van der Waals surface area contributed by atoms with Gasteiger partial charge in [-0.1, -0.05) is 18.0 Å². The second kappa shape index (κ2) is 5.53. The van der Waals surface area contributed by atoms with Gasteiger partial charge in [0.05, 0.1) is 5.92 Å². The Kier molecular flexibility index (Phi) is 4.19. The summed E-state index contributed by atoms with van der Waals surface area (Å²) in [7, 11) is 0. The van der Waals surface area contributed by atoms with Crippen LogP contribution in [0.15, 0.2) is 24.3 Å². The molecule has 1 aromatic rings. The molecule has 2 unspecified atom stereocenters. The molecule has 19 heavy (non-hydrogen) atoms. The summed E-state index contributed by atoms with van der Waals surface area (Å²) in [6.07, 6.45) is -3.17. The molecule has 0 amide bonds. The van der Waals surface area contributed by atoms with Gasteiger partial charge in [0.15, 0.2) is 5.78 Å². The summed E-state index contributed by atoms with van der Waals surface area (Å²) in [6.45, 7) is 0. The highest BCUT2D eigenvalue weighted by atomic mass is 35.5. The maximum absolute atomic E-state index is 12.7. The van der Waals surface area contributed by atoms with E-state index < -0.39 is 18.0 Å². The molecule has 2 rings (SSSR count). The first kappa shape index (κ1) is 14.4. The zero-order chi connectivity index (χ0) is 14.0. The van der Waals surface area contributed by atoms with E-state index in [9.17, 15) is 18.0 Å². The van der Waals surface area contributed by atoms with Crippen LogP contribution in [0.25, 0.3) is 0 Å². The Labute approximate surface area is 114 Å². The lowest BCUT2D eigenvalue weighted by Crippen LogP contribution is -2.31. The monoisotopic (exact) mass is 290 g/mol. The average Bonchev–Trinajstić information content (AvgIpc) is 2.38. The van der Waals surface area contributed by atoms with Crippen LogP contribution in [-0.4, -0.2) is 12.0 Å². The molecule has 0 bridgehead atoms. The minimum Gasteiger partial charge on any atom is -0.294 e. The van der Waals surface area contributed by atoms with Gasteiger partial charge in [-0.3, -0.25) is 4.79 Å². The highest BCUT2D eigenvalue weighted by Crippen LogP contribution is 2.40. The van der Waals surface area contributed by atoms with Crippen molar-refractivity contribution in [3.8, 4) is 0 Å². The number of rotatable bonds is 2. The first-order valence-corrected chi connectivity index (χ1v) is 6.62. The topological polar surface area (TPSA) is 17.1 Å². The molecule has 0 saturated heterocycles. The maximum atomic E-state index is 12.7. The van der Waals surface area contributed by atoms with Gasteiger partial charge < -0.3 is 0 Å². The van der Waals surface area contributed by atoms with E-state index in [4.69, 9.17) is 11.6 Å². The van der Waals surface area contributed by atoms with Crippen LogP contribution in [0.5, 0.6) is 0 Å². The minimum absolute atomic E-state index is 0.0923. The van der Waals surface area contributed by atoms with E-state index >= 15 is 0 Å². The van der Waals surface area contributed by atoms with Gasteiger partial charge in [-0.15, -0.1) is 0 Å². The molecule has 1 nitrogen and oxygen atoms in total. The number of hydrogen-bond acceptors (Lipinski definition) is 1. The SMILES string of the molecule is O=C(c1ccc(Cl)cc1)C1CCCC(C(F)(F)F)C1. The summed E-state index contributed by atoms with van der Waals surface area (Å²) < 4.78 is 38.1. The molecular weight excluding hydrogens is 277 g/mol. The molecule has 0 aromatic heterocycles. The third kappa shape index (κ3) is 3.50. The van der Waals surface area contributed by atoms with Crippen molar-refractivity contribution in [1.29, 1.82) is 0 Å². The quantitative estimate of drug-likeness (QED) is 0.709. The molecule has 0 N–H and O–H groups in total. The number of carbonyl (C=O) groups is 1. The van der Waals surface area contributed by atoms with Crippen LogP contribution in [0.2, 0.25) is 5.02 Å². The molecule has 0 spiro atoms. The number of hydrogen-bond donors (Lipinski definition) is 0. The summed E-state index contributed by atoms with van der Waals surface area (Å²) in [5.41, 5.74) is 0.442. The van der Waals surface area contributed by atoms with Crippen LogP contribution < -0.4 is 0 Å². The van der Waals surface area contributed by atoms with Crippen molar-refractivity contribution in [2.45, 2.75) is 31.9 Å². The van der Waals surface area contributed by atoms with Crippen LogP contribution in [0.1, 0.15) is 36.0 Å². The number of alkyl halides is 3. The Hall–Kier alpha value is -1.03. The van der Waals surface area contributed by atoms with Gasteiger partial charge in [-0.05, 0) is 43.5 Å². The molecule has 1 aliphatic rings. The number of ketones is 1. The van der Waals surface area contributed by atoms with E-state index in [-0.39, 0.29) is 18.6 Å². The molecular formula is C14H14ClF3O. The molecule has 0 radical (unpaired) electrons. The normalized spacial score (nSPS) is 24.2. The zero-order valence-electron chi connectivity index (χ0n) is 10.2. The lowest BCUT2D eigenvalue weighted by Gasteiger charge is -2.29. The lowest BCUT2D eigenvalue weighted by atomic mass is 9.77. The first-order valence-electron chi connectivity index (χ1n) is 6.24. The molecule has 104 valence electrons. The van der Waals surface area contributed by atoms with Crippen LogP contribution in [0.4, 0.5) is 13.2 Å². The standard InChI is InChI=1S/C14H14ClF3O/c15-12-6-4-9(5-7-12)13(19)10-2-1-3-11(8-10)14(16,17)18/h4-7,10-11H,1-3,8H2. The van der Waals surface area contributed by atoms with E-state index in [2.05, 4.69) is 0 Å². The number of Topliss-reactive ketones (excluding diaryl/α,β-unsaturated/α-hetero) is 1. The van der Waals surface area contributed by atoms with Gasteiger partial charge in [-0.2, -0.15) is 13.2 Å². The smallest absolute Gasteiger partial charge is 0.294 e. The summed E-state index contributed by atoms with van der Waals surface area (Å²) in [6, 6.07) is 6.31. The predicted molar refractivity (Wildman–Crippen MR) is 67.3 cm³/mol. The van der Waals surface area contributed by atoms with E-state index in [0.717, 1.165) is 0 Å². The van der Waals surface area contributed by atoms with Crippen molar-refractivity contribution in [2.75, 3.05) is 0 Å². The van der Waals surface area contributed by atoms with Crippen LogP contribution in [0, 0.1) is 11.8 Å². The number of carbonyl (C=O) groups excluding carboxylic acids is 1. The molecule has 0 aliphatic heterocycles. The molecule has 5 heteroatoms. The second-order valence-electron chi connectivity index (χ2n) is 4.97. The molecule has 1 aliphatic carbocycles. The Morgan fingerprint density at radius 3 is 2.37 bits per heavy atom. The van der Waals surface area contributed by atoms with Crippen LogP contribution in [0.3, 0.4) is 0 Å². The van der Waals surface area contributed by atoms with Crippen molar-refractivity contribution in [2.24, 2.45) is 11.8 Å². The number of halogens is 4.